The third-order valence-corrected chi connectivity index (χ3v) is 4.41. The summed E-state index contributed by atoms with van der Waals surface area (Å²) in [5.74, 6) is -0.430. The lowest BCUT2D eigenvalue weighted by Gasteiger charge is -2.11. The van der Waals surface area contributed by atoms with Gasteiger partial charge in [-0.3, -0.25) is 9.59 Å². The average molecular weight is 359 g/mol. The first kappa shape index (κ1) is 18.0. The molecule has 1 aliphatic carbocycles. The van der Waals surface area contributed by atoms with E-state index < -0.39 is 0 Å². The minimum atomic E-state index is -0.264. The molecule has 0 radical (unpaired) electrons. The molecule has 0 spiro atoms. The van der Waals surface area contributed by atoms with Gasteiger partial charge >= 0.3 is 0 Å². The van der Waals surface area contributed by atoms with E-state index in [0.29, 0.717) is 28.7 Å². The quantitative estimate of drug-likeness (QED) is 0.736. The van der Waals surface area contributed by atoms with E-state index in [4.69, 9.17) is 27.9 Å². The number of ether oxygens (including phenoxy) is 1. The van der Waals surface area contributed by atoms with Crippen LogP contribution in [0.5, 0.6) is 0 Å². The molecule has 1 aromatic carbocycles. The molecule has 2 N–H and O–H groups in total. The van der Waals surface area contributed by atoms with E-state index >= 15 is 0 Å². The largest absolute Gasteiger partial charge is 0.368 e. The smallest absolute Gasteiger partial charge is 0.251 e. The van der Waals surface area contributed by atoms with Crippen LogP contribution in [0.15, 0.2) is 18.2 Å². The molecule has 0 heterocycles. The number of carbonyl (C=O) groups excluding carboxylic acids is 2. The van der Waals surface area contributed by atoms with Gasteiger partial charge in [-0.1, -0.05) is 36.0 Å². The van der Waals surface area contributed by atoms with E-state index in [1.54, 1.807) is 12.1 Å². The first-order chi connectivity index (χ1) is 11.1. The molecule has 0 atom stereocenters. The van der Waals surface area contributed by atoms with E-state index in [2.05, 4.69) is 10.6 Å². The molecule has 7 heteroatoms. The lowest BCUT2D eigenvalue weighted by atomic mass is 10.2. The zero-order valence-corrected chi connectivity index (χ0v) is 14.3. The maximum absolute atomic E-state index is 11.9. The highest BCUT2D eigenvalue weighted by atomic mass is 35.5. The predicted octanol–water partition coefficient (Wildman–Crippen LogP) is 2.80. The summed E-state index contributed by atoms with van der Waals surface area (Å²) in [7, 11) is 0. The molecule has 0 saturated heterocycles. The SMILES string of the molecule is O=C(COC1CCCC1)NCCNC(=O)c1ccc(Cl)c(Cl)c1. The van der Waals surface area contributed by atoms with Gasteiger partial charge in [0.25, 0.3) is 5.91 Å². The summed E-state index contributed by atoms with van der Waals surface area (Å²) in [5, 5.41) is 6.14. The van der Waals surface area contributed by atoms with Crippen LogP contribution >= 0.6 is 23.2 Å². The van der Waals surface area contributed by atoms with Gasteiger partial charge in [-0.2, -0.15) is 0 Å². The fourth-order valence-electron chi connectivity index (χ4n) is 2.42. The second-order valence-electron chi connectivity index (χ2n) is 5.45. The molecule has 5 nitrogen and oxygen atoms in total. The number of benzene rings is 1. The van der Waals surface area contributed by atoms with Crippen molar-refractivity contribution in [3.63, 3.8) is 0 Å². The molecule has 1 saturated carbocycles. The molecule has 2 amide bonds. The molecule has 1 aliphatic rings. The van der Waals surface area contributed by atoms with Crippen LogP contribution in [0.2, 0.25) is 10.0 Å². The molecule has 23 heavy (non-hydrogen) atoms. The maximum atomic E-state index is 11.9. The van der Waals surface area contributed by atoms with Gasteiger partial charge < -0.3 is 15.4 Å². The topological polar surface area (TPSA) is 67.4 Å². The van der Waals surface area contributed by atoms with E-state index in [-0.39, 0.29) is 24.5 Å². The molecular formula is C16H20Cl2N2O3. The van der Waals surface area contributed by atoms with Crippen LogP contribution in [0, 0.1) is 0 Å². The first-order valence-corrected chi connectivity index (χ1v) is 8.43. The summed E-state index contributed by atoms with van der Waals surface area (Å²) < 4.78 is 5.51. The fraction of sp³-hybridized carbons (Fsp3) is 0.500. The van der Waals surface area contributed by atoms with Crippen molar-refractivity contribution in [3.05, 3.63) is 33.8 Å². The Morgan fingerprint density at radius 1 is 1.09 bits per heavy atom. The van der Waals surface area contributed by atoms with E-state index in [0.717, 1.165) is 12.8 Å². The molecule has 0 aromatic heterocycles. The predicted molar refractivity (Wildman–Crippen MR) is 90.0 cm³/mol. The normalized spacial score (nSPS) is 14.7. The highest BCUT2D eigenvalue weighted by molar-refractivity contribution is 6.42. The zero-order valence-electron chi connectivity index (χ0n) is 12.7. The highest BCUT2D eigenvalue weighted by Crippen LogP contribution is 2.22. The summed E-state index contributed by atoms with van der Waals surface area (Å²) in [6.07, 6.45) is 4.63. The van der Waals surface area contributed by atoms with Crippen molar-refractivity contribution in [2.75, 3.05) is 19.7 Å². The van der Waals surface area contributed by atoms with Crippen molar-refractivity contribution in [2.45, 2.75) is 31.8 Å². The maximum Gasteiger partial charge on any atom is 0.251 e. The van der Waals surface area contributed by atoms with Crippen LogP contribution < -0.4 is 10.6 Å². The highest BCUT2D eigenvalue weighted by Gasteiger charge is 2.16. The van der Waals surface area contributed by atoms with Gasteiger partial charge in [0.2, 0.25) is 5.91 Å². The fourth-order valence-corrected chi connectivity index (χ4v) is 2.72. The zero-order chi connectivity index (χ0) is 16.7. The number of carbonyl (C=O) groups is 2. The molecule has 0 unspecified atom stereocenters. The van der Waals surface area contributed by atoms with E-state index in [1.165, 1.54) is 18.9 Å². The molecular weight excluding hydrogens is 339 g/mol. The van der Waals surface area contributed by atoms with Gasteiger partial charge in [0.1, 0.15) is 6.61 Å². The van der Waals surface area contributed by atoms with Crippen LogP contribution in [0.3, 0.4) is 0 Å². The van der Waals surface area contributed by atoms with Gasteiger partial charge in [-0.05, 0) is 31.0 Å². The number of hydrogen-bond donors (Lipinski definition) is 2. The van der Waals surface area contributed by atoms with Crippen molar-refractivity contribution in [1.29, 1.82) is 0 Å². The van der Waals surface area contributed by atoms with Gasteiger partial charge in [0.05, 0.1) is 16.1 Å². The lowest BCUT2D eigenvalue weighted by molar-refractivity contribution is -0.127. The molecule has 1 fully saturated rings. The molecule has 0 aliphatic heterocycles. The summed E-state index contributed by atoms with van der Waals surface area (Å²) in [6.45, 7) is 0.750. The Morgan fingerprint density at radius 2 is 1.78 bits per heavy atom. The van der Waals surface area contributed by atoms with Crippen molar-refractivity contribution < 1.29 is 14.3 Å². The Morgan fingerprint density at radius 3 is 2.48 bits per heavy atom. The van der Waals surface area contributed by atoms with Gasteiger partial charge in [-0.15, -0.1) is 0 Å². The average Bonchev–Trinajstić information content (AvgIpc) is 3.05. The summed E-state index contributed by atoms with van der Waals surface area (Å²) >= 11 is 11.7. The van der Waals surface area contributed by atoms with Crippen LogP contribution in [-0.2, 0) is 9.53 Å². The third kappa shape index (κ3) is 6.01. The van der Waals surface area contributed by atoms with Crippen molar-refractivity contribution >= 4 is 35.0 Å². The lowest BCUT2D eigenvalue weighted by Crippen LogP contribution is -2.36. The first-order valence-electron chi connectivity index (χ1n) is 7.68. The van der Waals surface area contributed by atoms with Crippen LogP contribution in [-0.4, -0.2) is 37.6 Å². The number of hydrogen-bond acceptors (Lipinski definition) is 3. The Balaban J connectivity index is 1.61. The van der Waals surface area contributed by atoms with E-state index in [1.807, 2.05) is 0 Å². The number of rotatable bonds is 7. The molecule has 1 aromatic rings. The van der Waals surface area contributed by atoms with Crippen LogP contribution in [0.4, 0.5) is 0 Å². The Bertz CT molecular complexity index is 560. The van der Waals surface area contributed by atoms with Crippen LogP contribution in [0.25, 0.3) is 0 Å². The third-order valence-electron chi connectivity index (χ3n) is 3.67. The Labute approximate surface area is 145 Å². The number of amides is 2. The second-order valence-corrected chi connectivity index (χ2v) is 6.27. The van der Waals surface area contributed by atoms with E-state index in [9.17, 15) is 9.59 Å². The van der Waals surface area contributed by atoms with Crippen molar-refractivity contribution in [3.8, 4) is 0 Å². The Hall–Kier alpha value is -1.30. The molecule has 2 rings (SSSR count). The van der Waals surface area contributed by atoms with Crippen molar-refractivity contribution in [2.24, 2.45) is 0 Å². The van der Waals surface area contributed by atoms with Gasteiger partial charge in [0, 0.05) is 18.7 Å². The van der Waals surface area contributed by atoms with Gasteiger partial charge in [-0.25, -0.2) is 0 Å². The molecule has 0 bridgehead atoms. The number of nitrogens with one attached hydrogen (secondary N) is 2. The minimum Gasteiger partial charge on any atom is -0.368 e. The standard InChI is InChI=1S/C16H20Cl2N2O3/c17-13-6-5-11(9-14(13)18)16(22)20-8-7-19-15(21)10-23-12-3-1-2-4-12/h5-6,9,12H,1-4,7-8,10H2,(H,19,21)(H,20,22). The summed E-state index contributed by atoms with van der Waals surface area (Å²) in [4.78, 5) is 23.5. The summed E-state index contributed by atoms with van der Waals surface area (Å²) in [6, 6.07) is 4.67. The second kappa shape index (κ2) is 9.11. The minimum absolute atomic E-state index is 0.0748. The monoisotopic (exact) mass is 358 g/mol. The van der Waals surface area contributed by atoms with Gasteiger partial charge in [0.15, 0.2) is 0 Å². The molecule has 126 valence electrons. The number of halogens is 2. The summed E-state index contributed by atoms with van der Waals surface area (Å²) in [5.41, 5.74) is 0.426. The van der Waals surface area contributed by atoms with Crippen LogP contribution in [0.1, 0.15) is 36.0 Å². The van der Waals surface area contributed by atoms with Crippen molar-refractivity contribution in [1.82, 2.24) is 10.6 Å². The Kier molecular flexibility index (Phi) is 7.15.